The van der Waals surface area contributed by atoms with Crippen molar-refractivity contribution in [3.8, 4) is 0 Å². The molecule has 1 aromatic rings. The van der Waals surface area contributed by atoms with Gasteiger partial charge in [-0.3, -0.25) is 4.79 Å². The highest BCUT2D eigenvalue weighted by Gasteiger charge is 2.08. The average Bonchev–Trinajstić information content (AvgIpc) is 2.25. The van der Waals surface area contributed by atoms with Crippen molar-refractivity contribution >= 4 is 17.3 Å². The largest absolute Gasteiger partial charge is 0.397 e. The molecule has 94 valence electrons. The zero-order chi connectivity index (χ0) is 12.8. The molecule has 1 rings (SSSR count). The molecular formula is C13H21N3O. The summed E-state index contributed by atoms with van der Waals surface area (Å²) in [5.74, 6) is 0.0707. The van der Waals surface area contributed by atoms with Crippen LogP contribution in [0.4, 0.5) is 11.4 Å². The molecule has 0 aromatic heterocycles. The predicted octanol–water partition coefficient (Wildman–Crippen LogP) is 1.62. The van der Waals surface area contributed by atoms with Gasteiger partial charge in [0.05, 0.1) is 11.4 Å². The van der Waals surface area contributed by atoms with Crippen molar-refractivity contribution in [2.45, 2.75) is 26.3 Å². The molecule has 0 unspecified atom stereocenters. The Balaban J connectivity index is 2.48. The third kappa shape index (κ3) is 4.34. The van der Waals surface area contributed by atoms with Crippen molar-refractivity contribution in [2.24, 2.45) is 0 Å². The molecule has 3 N–H and O–H groups in total. The summed E-state index contributed by atoms with van der Waals surface area (Å²) in [5, 5.41) is 2.87. The minimum Gasteiger partial charge on any atom is -0.397 e. The first-order valence-corrected chi connectivity index (χ1v) is 5.85. The van der Waals surface area contributed by atoms with Crippen LogP contribution < -0.4 is 16.0 Å². The second kappa shape index (κ2) is 6.13. The molecule has 0 aliphatic rings. The van der Waals surface area contributed by atoms with Crippen LogP contribution in [0.3, 0.4) is 0 Å². The molecule has 1 aromatic carbocycles. The highest BCUT2D eigenvalue weighted by Crippen LogP contribution is 2.20. The molecular weight excluding hydrogens is 214 g/mol. The molecule has 0 fully saturated rings. The summed E-state index contributed by atoms with van der Waals surface area (Å²) in [6.45, 7) is 4.57. The standard InChI is InChI=1S/C13H21N3O/c1-10(2)15-13(17)8-9-16(3)12-7-5-4-6-11(12)14/h4-7,10H,8-9,14H2,1-3H3,(H,15,17). The summed E-state index contributed by atoms with van der Waals surface area (Å²) in [6.07, 6.45) is 0.475. The van der Waals surface area contributed by atoms with Gasteiger partial charge in [-0.25, -0.2) is 0 Å². The first-order valence-electron chi connectivity index (χ1n) is 5.85. The Morgan fingerprint density at radius 3 is 2.65 bits per heavy atom. The number of amides is 1. The Hall–Kier alpha value is -1.71. The van der Waals surface area contributed by atoms with Crippen LogP contribution in [0, 0.1) is 0 Å². The van der Waals surface area contributed by atoms with E-state index in [9.17, 15) is 4.79 Å². The highest BCUT2D eigenvalue weighted by molar-refractivity contribution is 5.77. The van der Waals surface area contributed by atoms with Gasteiger partial charge in [0.1, 0.15) is 0 Å². The first-order chi connectivity index (χ1) is 8.00. The van der Waals surface area contributed by atoms with Gasteiger partial charge in [0.25, 0.3) is 0 Å². The molecule has 0 aliphatic heterocycles. The maximum absolute atomic E-state index is 11.5. The Bertz CT molecular complexity index is 377. The third-order valence-electron chi connectivity index (χ3n) is 2.47. The highest BCUT2D eigenvalue weighted by atomic mass is 16.1. The first kappa shape index (κ1) is 13.4. The zero-order valence-corrected chi connectivity index (χ0v) is 10.7. The van der Waals surface area contributed by atoms with Crippen molar-refractivity contribution in [3.63, 3.8) is 0 Å². The van der Waals surface area contributed by atoms with Gasteiger partial charge >= 0.3 is 0 Å². The van der Waals surface area contributed by atoms with Crippen LogP contribution in [0.15, 0.2) is 24.3 Å². The van der Waals surface area contributed by atoms with Crippen LogP contribution in [0.25, 0.3) is 0 Å². The summed E-state index contributed by atoms with van der Waals surface area (Å²) in [6, 6.07) is 7.85. The van der Waals surface area contributed by atoms with E-state index in [1.165, 1.54) is 0 Å². The van der Waals surface area contributed by atoms with E-state index in [-0.39, 0.29) is 11.9 Å². The third-order valence-corrected chi connectivity index (χ3v) is 2.47. The maximum Gasteiger partial charge on any atom is 0.221 e. The molecule has 0 saturated carbocycles. The molecule has 0 spiro atoms. The van der Waals surface area contributed by atoms with Crippen molar-refractivity contribution in [1.82, 2.24) is 5.32 Å². The van der Waals surface area contributed by atoms with Crippen LogP contribution >= 0.6 is 0 Å². The van der Waals surface area contributed by atoms with Gasteiger partial charge < -0.3 is 16.0 Å². The minimum absolute atomic E-state index is 0.0707. The Labute approximate surface area is 103 Å². The van der Waals surface area contributed by atoms with Crippen LogP contribution in [-0.4, -0.2) is 25.5 Å². The Morgan fingerprint density at radius 2 is 2.06 bits per heavy atom. The molecule has 0 heterocycles. The van der Waals surface area contributed by atoms with E-state index in [2.05, 4.69) is 5.32 Å². The number of carbonyl (C=O) groups excluding carboxylic acids is 1. The minimum atomic E-state index is 0.0707. The molecule has 17 heavy (non-hydrogen) atoms. The van der Waals surface area contributed by atoms with E-state index in [1.807, 2.05) is 50.1 Å². The SMILES string of the molecule is CC(C)NC(=O)CCN(C)c1ccccc1N. The fourth-order valence-electron chi connectivity index (χ4n) is 1.62. The number of rotatable bonds is 5. The van der Waals surface area contributed by atoms with E-state index < -0.39 is 0 Å². The molecule has 4 nitrogen and oxygen atoms in total. The average molecular weight is 235 g/mol. The van der Waals surface area contributed by atoms with E-state index in [1.54, 1.807) is 0 Å². The number of benzene rings is 1. The normalized spacial score (nSPS) is 10.4. The lowest BCUT2D eigenvalue weighted by Gasteiger charge is -2.21. The van der Waals surface area contributed by atoms with Crippen LogP contribution in [0.1, 0.15) is 20.3 Å². The molecule has 0 bridgehead atoms. The quantitative estimate of drug-likeness (QED) is 0.762. The number of nitrogens with zero attached hydrogens (tertiary/aromatic N) is 1. The predicted molar refractivity (Wildman–Crippen MR) is 72.0 cm³/mol. The van der Waals surface area contributed by atoms with Crippen molar-refractivity contribution in [2.75, 3.05) is 24.2 Å². The number of nitrogens with one attached hydrogen (secondary N) is 1. The van der Waals surface area contributed by atoms with Gasteiger partial charge in [0.15, 0.2) is 0 Å². The van der Waals surface area contributed by atoms with Crippen LogP contribution in [0.5, 0.6) is 0 Å². The molecule has 4 heteroatoms. The molecule has 0 radical (unpaired) electrons. The second-order valence-electron chi connectivity index (χ2n) is 4.45. The summed E-state index contributed by atoms with van der Waals surface area (Å²) in [7, 11) is 1.94. The number of hydrogen-bond acceptors (Lipinski definition) is 3. The van der Waals surface area contributed by atoms with Gasteiger partial charge in [0.2, 0.25) is 5.91 Å². The summed E-state index contributed by atoms with van der Waals surface area (Å²) < 4.78 is 0. The van der Waals surface area contributed by atoms with Gasteiger partial charge in [-0.15, -0.1) is 0 Å². The number of nitrogen functional groups attached to an aromatic ring is 1. The van der Waals surface area contributed by atoms with Gasteiger partial charge in [-0.05, 0) is 26.0 Å². The van der Waals surface area contributed by atoms with E-state index in [0.717, 1.165) is 11.4 Å². The van der Waals surface area contributed by atoms with Crippen molar-refractivity contribution < 1.29 is 4.79 Å². The number of hydrogen-bond donors (Lipinski definition) is 2. The van der Waals surface area contributed by atoms with Crippen molar-refractivity contribution in [3.05, 3.63) is 24.3 Å². The van der Waals surface area contributed by atoms with Gasteiger partial charge in [-0.1, -0.05) is 12.1 Å². The van der Waals surface area contributed by atoms with E-state index >= 15 is 0 Å². The molecule has 0 saturated heterocycles. The lowest BCUT2D eigenvalue weighted by atomic mass is 10.2. The topological polar surface area (TPSA) is 58.4 Å². The van der Waals surface area contributed by atoms with Crippen LogP contribution in [0.2, 0.25) is 0 Å². The van der Waals surface area contributed by atoms with Crippen LogP contribution in [-0.2, 0) is 4.79 Å². The second-order valence-corrected chi connectivity index (χ2v) is 4.45. The summed E-state index contributed by atoms with van der Waals surface area (Å²) in [4.78, 5) is 13.5. The lowest BCUT2D eigenvalue weighted by Crippen LogP contribution is -2.33. The van der Waals surface area contributed by atoms with Gasteiger partial charge in [-0.2, -0.15) is 0 Å². The molecule has 0 atom stereocenters. The number of para-hydroxylation sites is 2. The Morgan fingerprint density at radius 1 is 1.41 bits per heavy atom. The maximum atomic E-state index is 11.5. The van der Waals surface area contributed by atoms with Crippen molar-refractivity contribution in [1.29, 1.82) is 0 Å². The fraction of sp³-hybridized carbons (Fsp3) is 0.462. The molecule has 1 amide bonds. The molecule has 0 aliphatic carbocycles. The number of carbonyl (C=O) groups is 1. The number of anilines is 2. The lowest BCUT2D eigenvalue weighted by molar-refractivity contribution is -0.121. The Kier molecular flexibility index (Phi) is 4.82. The summed E-state index contributed by atoms with van der Waals surface area (Å²) in [5.41, 5.74) is 7.56. The zero-order valence-electron chi connectivity index (χ0n) is 10.7. The number of nitrogens with two attached hydrogens (primary N) is 1. The summed E-state index contributed by atoms with van der Waals surface area (Å²) >= 11 is 0. The monoisotopic (exact) mass is 235 g/mol. The van der Waals surface area contributed by atoms with E-state index in [0.29, 0.717) is 13.0 Å². The van der Waals surface area contributed by atoms with E-state index in [4.69, 9.17) is 5.73 Å². The van der Waals surface area contributed by atoms with Gasteiger partial charge in [0, 0.05) is 26.1 Å². The smallest absolute Gasteiger partial charge is 0.221 e. The fourth-order valence-corrected chi connectivity index (χ4v) is 1.62.